The molecule has 0 spiro atoms. The third kappa shape index (κ3) is 5.44. The van der Waals surface area contributed by atoms with Crippen molar-refractivity contribution in [1.82, 2.24) is 4.98 Å². The van der Waals surface area contributed by atoms with Crippen LogP contribution in [0.5, 0.6) is 0 Å². The summed E-state index contributed by atoms with van der Waals surface area (Å²) >= 11 is 8.90. The number of thiophene rings is 1. The van der Waals surface area contributed by atoms with E-state index >= 15 is 0 Å². The van der Waals surface area contributed by atoms with Gasteiger partial charge in [-0.1, -0.05) is 71.9 Å². The van der Waals surface area contributed by atoms with Crippen molar-refractivity contribution < 1.29 is 4.21 Å². The van der Waals surface area contributed by atoms with Crippen LogP contribution in [0.1, 0.15) is 11.1 Å². The van der Waals surface area contributed by atoms with Crippen molar-refractivity contribution in [3.63, 3.8) is 0 Å². The highest BCUT2D eigenvalue weighted by Gasteiger charge is 2.17. The fourth-order valence-corrected chi connectivity index (χ4v) is 6.20. The van der Waals surface area contributed by atoms with Gasteiger partial charge in [0.25, 0.3) is 0 Å². The summed E-state index contributed by atoms with van der Waals surface area (Å²) in [4.78, 5) is 5.79. The summed E-state index contributed by atoms with van der Waals surface area (Å²) < 4.78 is 12.7. The zero-order valence-electron chi connectivity index (χ0n) is 16.3. The lowest BCUT2D eigenvalue weighted by Gasteiger charge is -2.12. The van der Waals surface area contributed by atoms with E-state index in [1.165, 1.54) is 11.8 Å². The van der Waals surface area contributed by atoms with Gasteiger partial charge in [-0.15, -0.1) is 11.3 Å². The Bertz CT molecular complexity index is 1230. The average Bonchev–Trinajstić information content (AvgIpc) is 3.34. The molecule has 1 unspecified atom stereocenters. The zero-order valence-corrected chi connectivity index (χ0v) is 19.5. The molecule has 31 heavy (non-hydrogen) atoms. The molecule has 3 nitrogen and oxygen atoms in total. The Labute approximate surface area is 197 Å². The topological polar surface area (TPSA) is 53.8 Å². The van der Waals surface area contributed by atoms with Gasteiger partial charge in [-0.05, 0) is 40.8 Å². The van der Waals surface area contributed by atoms with Crippen LogP contribution in [-0.2, 0) is 16.6 Å². The summed E-state index contributed by atoms with van der Waals surface area (Å²) in [6, 6.07) is 25.5. The van der Waals surface area contributed by atoms with Gasteiger partial charge in [0.15, 0.2) is 0 Å². The molecule has 1 atom stereocenters. The van der Waals surface area contributed by atoms with Gasteiger partial charge in [0, 0.05) is 27.1 Å². The molecule has 2 heterocycles. The molecule has 0 saturated carbocycles. The summed E-state index contributed by atoms with van der Waals surface area (Å²) in [6.07, 6.45) is 0. The molecule has 0 N–H and O–H groups in total. The van der Waals surface area contributed by atoms with Crippen molar-refractivity contribution in [1.29, 1.82) is 5.26 Å². The molecular weight excluding hydrogens is 464 g/mol. The molecule has 7 heteroatoms. The Hall–Kier alpha value is -2.43. The monoisotopic (exact) mass is 480 g/mol. The third-order valence-corrected chi connectivity index (χ3v) is 8.42. The maximum absolute atomic E-state index is 12.7. The third-order valence-electron chi connectivity index (χ3n) is 4.52. The van der Waals surface area contributed by atoms with Crippen molar-refractivity contribution in [3.05, 3.63) is 94.3 Å². The molecular formula is C24H17ClN2OS3. The smallest absolute Gasteiger partial charge is 0.116 e. The molecule has 0 aliphatic carbocycles. The van der Waals surface area contributed by atoms with Crippen molar-refractivity contribution >= 4 is 45.5 Å². The van der Waals surface area contributed by atoms with Crippen molar-refractivity contribution in [2.45, 2.75) is 10.8 Å². The van der Waals surface area contributed by atoms with Crippen LogP contribution >= 0.6 is 34.7 Å². The summed E-state index contributed by atoms with van der Waals surface area (Å²) in [5.41, 5.74) is 4.10. The predicted octanol–water partition coefficient (Wildman–Crippen LogP) is 7.00. The first-order valence-corrected chi connectivity index (χ1v) is 13.1. The number of pyridine rings is 1. The first-order valence-electron chi connectivity index (χ1n) is 9.40. The molecule has 0 aliphatic rings. The quantitative estimate of drug-likeness (QED) is 0.267. The van der Waals surface area contributed by atoms with Crippen LogP contribution in [-0.4, -0.2) is 14.3 Å². The largest absolute Gasteiger partial charge is 0.258 e. The zero-order chi connectivity index (χ0) is 21.6. The van der Waals surface area contributed by atoms with E-state index in [0.29, 0.717) is 26.4 Å². The normalized spacial score (nSPS) is 11.7. The molecule has 0 amide bonds. The Morgan fingerprint density at radius 2 is 1.84 bits per heavy atom. The van der Waals surface area contributed by atoms with Crippen LogP contribution < -0.4 is 0 Å². The van der Waals surface area contributed by atoms with Gasteiger partial charge in [-0.25, -0.2) is 4.98 Å². The Morgan fingerprint density at radius 1 is 1.06 bits per heavy atom. The second-order valence-corrected chi connectivity index (χ2v) is 10.8. The standard InChI is InChI=1S/C24H17ClN2OS3/c25-19-10-8-17(9-11-19)15-31(28)16-30-24-21(14-26)20(18-5-2-1-3-6-18)13-22(27-24)23-7-4-12-29-23/h1-13H,15-16H2. The molecule has 4 rings (SSSR count). The van der Waals surface area contributed by atoms with E-state index in [0.717, 1.165) is 27.3 Å². The van der Waals surface area contributed by atoms with E-state index in [4.69, 9.17) is 16.6 Å². The Balaban J connectivity index is 1.64. The highest BCUT2D eigenvalue weighted by molar-refractivity contribution is 8.10. The molecule has 154 valence electrons. The lowest BCUT2D eigenvalue weighted by molar-refractivity contribution is 0.685. The maximum Gasteiger partial charge on any atom is 0.116 e. The van der Waals surface area contributed by atoms with Gasteiger partial charge in [0.2, 0.25) is 0 Å². The van der Waals surface area contributed by atoms with Gasteiger partial charge in [0.05, 0.1) is 21.2 Å². The SMILES string of the molecule is N#Cc1c(-c2ccccc2)cc(-c2cccs2)nc1SCS(=O)Cc1ccc(Cl)cc1. The van der Waals surface area contributed by atoms with E-state index in [9.17, 15) is 9.47 Å². The summed E-state index contributed by atoms with van der Waals surface area (Å²) in [5.74, 6) is 0.433. The molecule has 0 radical (unpaired) electrons. The molecule has 2 aromatic heterocycles. The van der Waals surface area contributed by atoms with Gasteiger partial charge in [-0.3, -0.25) is 4.21 Å². The summed E-state index contributed by atoms with van der Waals surface area (Å²) in [5, 5.41) is 13.5. The van der Waals surface area contributed by atoms with Gasteiger partial charge >= 0.3 is 0 Å². The van der Waals surface area contributed by atoms with Crippen LogP contribution in [0.4, 0.5) is 0 Å². The van der Waals surface area contributed by atoms with E-state index in [2.05, 4.69) is 6.07 Å². The number of halogens is 1. The van der Waals surface area contributed by atoms with Gasteiger partial charge in [0.1, 0.15) is 11.1 Å². The second-order valence-electron chi connectivity index (χ2n) is 6.66. The molecule has 0 bridgehead atoms. The highest BCUT2D eigenvalue weighted by Crippen LogP contribution is 2.35. The van der Waals surface area contributed by atoms with Gasteiger partial charge in [-0.2, -0.15) is 5.26 Å². The Kier molecular flexibility index (Phi) is 7.21. The number of hydrogen-bond acceptors (Lipinski definition) is 5. The van der Waals surface area contributed by atoms with Crippen LogP contribution in [0.15, 0.2) is 83.2 Å². The van der Waals surface area contributed by atoms with E-state index in [1.807, 2.05) is 66.0 Å². The number of thioether (sulfide) groups is 1. The number of rotatable bonds is 7. The number of nitriles is 1. The van der Waals surface area contributed by atoms with Crippen molar-refractivity contribution in [3.8, 4) is 27.8 Å². The predicted molar refractivity (Wildman–Crippen MR) is 132 cm³/mol. The van der Waals surface area contributed by atoms with E-state index < -0.39 is 10.8 Å². The van der Waals surface area contributed by atoms with Gasteiger partial charge < -0.3 is 0 Å². The minimum atomic E-state index is -1.11. The minimum absolute atomic E-state index is 0.354. The van der Waals surface area contributed by atoms with E-state index in [-0.39, 0.29) is 0 Å². The molecule has 2 aromatic carbocycles. The van der Waals surface area contributed by atoms with Crippen LogP contribution in [0.2, 0.25) is 5.02 Å². The lowest BCUT2D eigenvalue weighted by Crippen LogP contribution is -2.01. The molecule has 4 aromatic rings. The van der Waals surface area contributed by atoms with Crippen molar-refractivity contribution in [2.75, 3.05) is 5.08 Å². The maximum atomic E-state index is 12.7. The summed E-state index contributed by atoms with van der Waals surface area (Å²) in [7, 11) is -1.11. The molecule has 0 saturated heterocycles. The molecule has 0 fully saturated rings. The van der Waals surface area contributed by atoms with Crippen LogP contribution in [0, 0.1) is 11.3 Å². The second kappa shape index (κ2) is 10.3. The van der Waals surface area contributed by atoms with Crippen LogP contribution in [0.3, 0.4) is 0 Å². The van der Waals surface area contributed by atoms with E-state index in [1.54, 1.807) is 23.5 Å². The fourth-order valence-electron chi connectivity index (χ4n) is 3.06. The summed E-state index contributed by atoms with van der Waals surface area (Å²) in [6.45, 7) is 0. The van der Waals surface area contributed by atoms with Crippen molar-refractivity contribution in [2.24, 2.45) is 0 Å². The number of aromatic nitrogens is 1. The number of benzene rings is 2. The lowest BCUT2D eigenvalue weighted by atomic mass is 10.0. The van der Waals surface area contributed by atoms with Crippen LogP contribution in [0.25, 0.3) is 21.7 Å². The fraction of sp³-hybridized carbons (Fsp3) is 0.0833. The number of nitrogens with zero attached hydrogens (tertiary/aromatic N) is 2. The first-order chi connectivity index (χ1) is 15.1. The molecule has 0 aliphatic heterocycles. The Morgan fingerprint density at radius 3 is 2.52 bits per heavy atom. The highest BCUT2D eigenvalue weighted by atomic mass is 35.5. The minimum Gasteiger partial charge on any atom is -0.258 e. The average molecular weight is 481 g/mol. The first kappa shape index (κ1) is 21.8. The number of hydrogen-bond donors (Lipinski definition) is 0.